The van der Waals surface area contributed by atoms with Gasteiger partial charge in [-0.2, -0.15) is 0 Å². The van der Waals surface area contributed by atoms with Crippen LogP contribution in [0.3, 0.4) is 0 Å². The van der Waals surface area contributed by atoms with Gasteiger partial charge in [-0.05, 0) is 32.1 Å². The van der Waals surface area contributed by atoms with Gasteiger partial charge >= 0.3 is 5.97 Å². The Balaban J connectivity index is 1.93. The number of aliphatic hydroxyl groups is 1. The van der Waals surface area contributed by atoms with Gasteiger partial charge in [-0.15, -0.1) is 0 Å². The number of H-pyrrole nitrogens is 1. The Morgan fingerprint density at radius 2 is 2.35 bits per heavy atom. The molecule has 2 aromatic heterocycles. The molecule has 0 radical (unpaired) electrons. The second kappa shape index (κ2) is 7.40. The van der Waals surface area contributed by atoms with E-state index in [1.807, 2.05) is 6.07 Å². The average Bonchev–Trinajstić information content (AvgIpc) is 3.15. The van der Waals surface area contributed by atoms with Crippen LogP contribution in [0.5, 0.6) is 0 Å². The van der Waals surface area contributed by atoms with Crippen LogP contribution < -0.4 is 5.32 Å². The minimum Gasteiger partial charge on any atom is -0.462 e. The van der Waals surface area contributed by atoms with Crippen molar-refractivity contribution in [3.63, 3.8) is 0 Å². The number of ether oxygens (including phenoxy) is 2. The summed E-state index contributed by atoms with van der Waals surface area (Å²) in [7, 11) is 0. The predicted molar refractivity (Wildman–Crippen MR) is 93.5 cm³/mol. The number of carbonyl (C=O) groups excluding carboxylic acids is 2. The van der Waals surface area contributed by atoms with Crippen molar-refractivity contribution in [3.8, 4) is 0 Å². The van der Waals surface area contributed by atoms with Gasteiger partial charge in [0.25, 0.3) is 0 Å². The Bertz CT molecular complexity index is 910. The maximum absolute atomic E-state index is 12.7. The lowest BCUT2D eigenvalue weighted by Gasteiger charge is -2.10. The normalized spacial score (nSPS) is 16.9. The molecular formula is C18H19N3O5. The number of hydrogen-bond donors (Lipinski definition) is 3. The molecule has 0 fully saturated rings. The number of aliphatic hydroxyl groups excluding tert-OH is 1. The number of nitrogens with one attached hydrogen (secondary N) is 2. The molecule has 0 spiro atoms. The number of aromatic nitrogens is 2. The van der Waals surface area contributed by atoms with Gasteiger partial charge < -0.3 is 24.9 Å². The molecule has 0 saturated carbocycles. The molecule has 0 bridgehead atoms. The van der Waals surface area contributed by atoms with Gasteiger partial charge in [0.2, 0.25) is 11.7 Å². The summed E-state index contributed by atoms with van der Waals surface area (Å²) in [6, 6.07) is 3.64. The third-order valence-corrected chi connectivity index (χ3v) is 3.70. The minimum absolute atomic E-state index is 0.00843. The number of ketones is 1. The molecule has 8 heteroatoms. The first-order valence-electron chi connectivity index (χ1n) is 8.21. The van der Waals surface area contributed by atoms with Crippen LogP contribution in [0.25, 0.3) is 17.1 Å². The van der Waals surface area contributed by atoms with Crippen LogP contribution in [0, 0.1) is 0 Å². The molecule has 0 saturated heterocycles. The predicted octanol–water partition coefficient (Wildman–Crippen LogP) is 1.25. The van der Waals surface area contributed by atoms with E-state index in [-0.39, 0.29) is 30.4 Å². The largest absolute Gasteiger partial charge is 0.462 e. The average molecular weight is 357 g/mol. The summed E-state index contributed by atoms with van der Waals surface area (Å²) in [5.74, 6) is -1.37. The number of aromatic amines is 1. The van der Waals surface area contributed by atoms with Crippen LogP contribution in [0.2, 0.25) is 0 Å². The molecule has 26 heavy (non-hydrogen) atoms. The Morgan fingerprint density at radius 3 is 3.08 bits per heavy atom. The number of hydrogen-bond acceptors (Lipinski definition) is 7. The van der Waals surface area contributed by atoms with E-state index in [4.69, 9.17) is 9.47 Å². The topological polar surface area (TPSA) is 114 Å². The van der Waals surface area contributed by atoms with E-state index in [2.05, 4.69) is 15.3 Å². The molecule has 1 atom stereocenters. The summed E-state index contributed by atoms with van der Waals surface area (Å²) >= 11 is 0. The zero-order valence-corrected chi connectivity index (χ0v) is 14.4. The Morgan fingerprint density at radius 1 is 1.54 bits per heavy atom. The summed E-state index contributed by atoms with van der Waals surface area (Å²) in [6.07, 6.45) is 4.22. The van der Waals surface area contributed by atoms with E-state index in [0.29, 0.717) is 11.2 Å². The molecule has 0 aromatic carbocycles. The van der Waals surface area contributed by atoms with Crippen molar-refractivity contribution < 1.29 is 24.2 Å². The molecule has 3 heterocycles. The van der Waals surface area contributed by atoms with Crippen molar-refractivity contribution in [2.45, 2.75) is 20.0 Å². The van der Waals surface area contributed by atoms with Crippen molar-refractivity contribution in [3.05, 3.63) is 47.3 Å². The van der Waals surface area contributed by atoms with Crippen molar-refractivity contribution in [2.75, 3.05) is 13.2 Å². The van der Waals surface area contributed by atoms with Gasteiger partial charge in [0.1, 0.15) is 5.65 Å². The first-order valence-corrected chi connectivity index (χ1v) is 8.21. The molecule has 1 unspecified atom stereocenters. The number of nitrogens with zero attached hydrogens (tertiary/aromatic N) is 1. The monoisotopic (exact) mass is 357 g/mol. The molecule has 3 N–H and O–H groups in total. The number of pyridine rings is 1. The van der Waals surface area contributed by atoms with Crippen molar-refractivity contribution >= 4 is 28.9 Å². The standard InChI is InChI=1S/C18H19N3O5/c1-3-25-18(24)14-15(23)13(26-17(14)21-8-10(2)22)7-11-9-20-16-12(11)5-4-6-19-16/h4-7,9-10,21-22H,3,8H2,1-2H3,(H,19,20). The lowest BCUT2D eigenvalue weighted by atomic mass is 10.1. The van der Waals surface area contributed by atoms with E-state index >= 15 is 0 Å². The first-order chi connectivity index (χ1) is 12.5. The summed E-state index contributed by atoms with van der Waals surface area (Å²) in [5.41, 5.74) is 1.17. The van der Waals surface area contributed by atoms with Crippen LogP contribution in [-0.2, 0) is 19.1 Å². The minimum atomic E-state index is -0.769. The molecule has 0 aliphatic carbocycles. The van der Waals surface area contributed by atoms with Crippen LogP contribution in [0.15, 0.2) is 41.7 Å². The number of carbonyl (C=O) groups is 2. The van der Waals surface area contributed by atoms with Crippen LogP contribution >= 0.6 is 0 Å². The quantitative estimate of drug-likeness (QED) is 0.405. The Labute approximate surface area is 149 Å². The second-order valence-corrected chi connectivity index (χ2v) is 5.74. The number of Topliss-reactive ketones (excluding diaryl/α,β-unsaturated/α-hetero) is 1. The third-order valence-electron chi connectivity index (χ3n) is 3.70. The molecule has 136 valence electrons. The lowest BCUT2D eigenvalue weighted by Crippen LogP contribution is -2.26. The van der Waals surface area contributed by atoms with Gasteiger partial charge in [-0.3, -0.25) is 4.79 Å². The smallest absolute Gasteiger partial charge is 0.347 e. The Hall–Kier alpha value is -3.13. The van der Waals surface area contributed by atoms with Gasteiger partial charge in [0.05, 0.1) is 12.7 Å². The van der Waals surface area contributed by atoms with Gasteiger partial charge in [-0.1, -0.05) is 0 Å². The van der Waals surface area contributed by atoms with E-state index in [0.717, 1.165) is 5.39 Å². The first kappa shape index (κ1) is 17.7. The summed E-state index contributed by atoms with van der Waals surface area (Å²) in [4.78, 5) is 32.0. The zero-order valence-electron chi connectivity index (χ0n) is 14.4. The van der Waals surface area contributed by atoms with Crippen molar-refractivity contribution in [1.82, 2.24) is 15.3 Å². The summed E-state index contributed by atoms with van der Waals surface area (Å²) in [5, 5.41) is 13.0. The lowest BCUT2D eigenvalue weighted by molar-refractivity contribution is -0.139. The SMILES string of the molecule is CCOC(=O)C1=C(NCC(C)O)OC(=Cc2c[nH]c3ncccc23)C1=O. The van der Waals surface area contributed by atoms with Gasteiger partial charge in [-0.25, -0.2) is 9.78 Å². The van der Waals surface area contributed by atoms with E-state index in [1.165, 1.54) is 0 Å². The summed E-state index contributed by atoms with van der Waals surface area (Å²) < 4.78 is 10.5. The van der Waals surface area contributed by atoms with Crippen LogP contribution in [0.4, 0.5) is 0 Å². The fraction of sp³-hybridized carbons (Fsp3) is 0.278. The molecule has 2 aromatic rings. The second-order valence-electron chi connectivity index (χ2n) is 5.74. The third kappa shape index (κ3) is 3.45. The highest BCUT2D eigenvalue weighted by Crippen LogP contribution is 2.28. The maximum atomic E-state index is 12.7. The van der Waals surface area contributed by atoms with Gasteiger partial charge in [0.15, 0.2) is 11.3 Å². The molecule has 8 nitrogen and oxygen atoms in total. The molecule has 0 amide bonds. The number of fused-ring (bicyclic) bond motifs is 1. The highest BCUT2D eigenvalue weighted by atomic mass is 16.5. The fourth-order valence-electron chi connectivity index (χ4n) is 2.52. The highest BCUT2D eigenvalue weighted by molar-refractivity contribution is 6.26. The number of esters is 1. The highest BCUT2D eigenvalue weighted by Gasteiger charge is 2.37. The van der Waals surface area contributed by atoms with Crippen LogP contribution in [-0.4, -0.2) is 46.1 Å². The fourth-order valence-corrected chi connectivity index (χ4v) is 2.52. The Kier molecular flexibility index (Phi) is 5.04. The van der Waals surface area contributed by atoms with Crippen molar-refractivity contribution in [1.29, 1.82) is 0 Å². The summed E-state index contributed by atoms with van der Waals surface area (Å²) in [6.45, 7) is 3.48. The van der Waals surface area contributed by atoms with E-state index in [9.17, 15) is 14.7 Å². The van der Waals surface area contributed by atoms with Crippen LogP contribution in [0.1, 0.15) is 19.4 Å². The molecular weight excluding hydrogens is 338 g/mol. The van der Waals surface area contributed by atoms with Gasteiger partial charge in [0, 0.05) is 29.9 Å². The molecule has 1 aliphatic rings. The number of allylic oxidation sites excluding steroid dienone is 1. The van der Waals surface area contributed by atoms with Crippen molar-refractivity contribution in [2.24, 2.45) is 0 Å². The zero-order chi connectivity index (χ0) is 18.7. The molecule has 1 aliphatic heterocycles. The maximum Gasteiger partial charge on any atom is 0.347 e. The van der Waals surface area contributed by atoms with E-state index in [1.54, 1.807) is 38.4 Å². The van der Waals surface area contributed by atoms with E-state index < -0.39 is 17.9 Å². The number of rotatable bonds is 6. The molecule has 3 rings (SSSR count).